The lowest BCUT2D eigenvalue weighted by Gasteiger charge is -2.06. The van der Waals surface area contributed by atoms with E-state index in [1.807, 2.05) is 24.3 Å². The van der Waals surface area contributed by atoms with Gasteiger partial charge in [-0.25, -0.2) is 0 Å². The Hall–Kier alpha value is -2.94. The van der Waals surface area contributed by atoms with Crippen LogP contribution in [0, 0.1) is 0 Å². The Balaban J connectivity index is 1.37. The number of ether oxygens (including phenoxy) is 2. The Labute approximate surface area is 208 Å². The molecule has 7 nitrogen and oxygen atoms in total. The van der Waals surface area contributed by atoms with Crippen LogP contribution >= 0.6 is 39.1 Å². The molecule has 2 heterocycles. The van der Waals surface area contributed by atoms with Crippen LogP contribution in [0.25, 0.3) is 0 Å². The van der Waals surface area contributed by atoms with Gasteiger partial charge in [-0.2, -0.15) is 5.10 Å². The minimum Gasteiger partial charge on any atom is -0.497 e. The Morgan fingerprint density at radius 1 is 1.12 bits per heavy atom. The van der Waals surface area contributed by atoms with Gasteiger partial charge in [0.25, 0.3) is 5.91 Å². The molecule has 0 spiro atoms. The van der Waals surface area contributed by atoms with Crippen molar-refractivity contribution >= 4 is 50.9 Å². The topological polar surface area (TPSA) is 78.5 Å². The van der Waals surface area contributed by atoms with Crippen molar-refractivity contribution in [3.63, 3.8) is 0 Å². The first-order valence-electron chi connectivity index (χ1n) is 9.75. The number of methoxy groups -OCH3 is 1. The summed E-state index contributed by atoms with van der Waals surface area (Å²) in [6.45, 7) is 0.625. The number of nitrogens with zero attached hydrogens (tertiary/aromatic N) is 2. The van der Waals surface area contributed by atoms with E-state index >= 15 is 0 Å². The van der Waals surface area contributed by atoms with E-state index in [4.69, 9.17) is 37.1 Å². The third-order valence-electron chi connectivity index (χ3n) is 4.59. The molecule has 0 radical (unpaired) electrons. The second-order valence-electron chi connectivity index (χ2n) is 6.96. The van der Waals surface area contributed by atoms with Gasteiger partial charge in [-0.3, -0.25) is 9.48 Å². The van der Waals surface area contributed by atoms with Crippen molar-refractivity contribution in [2.75, 3.05) is 12.4 Å². The van der Waals surface area contributed by atoms with Crippen molar-refractivity contribution < 1.29 is 18.7 Å². The maximum absolute atomic E-state index is 12.6. The number of nitrogens with one attached hydrogen (secondary N) is 1. The highest BCUT2D eigenvalue weighted by molar-refractivity contribution is 9.10. The van der Waals surface area contributed by atoms with Gasteiger partial charge in [-0.1, -0.05) is 35.3 Å². The van der Waals surface area contributed by atoms with Gasteiger partial charge in [0.1, 0.15) is 23.9 Å². The van der Waals surface area contributed by atoms with E-state index < -0.39 is 5.91 Å². The molecule has 0 saturated heterocycles. The highest BCUT2D eigenvalue weighted by Gasteiger charge is 2.16. The highest BCUT2D eigenvalue weighted by Crippen LogP contribution is 2.25. The zero-order chi connectivity index (χ0) is 23.4. The number of carbonyl (C=O) groups excluding carboxylic acids is 1. The third-order valence-corrected chi connectivity index (χ3v) is 5.90. The van der Waals surface area contributed by atoms with Gasteiger partial charge in [0, 0.05) is 12.3 Å². The summed E-state index contributed by atoms with van der Waals surface area (Å²) in [5.74, 6) is 1.91. The van der Waals surface area contributed by atoms with Gasteiger partial charge in [0.05, 0.1) is 28.2 Å². The fourth-order valence-electron chi connectivity index (χ4n) is 2.98. The molecule has 0 saturated carbocycles. The van der Waals surface area contributed by atoms with Gasteiger partial charge < -0.3 is 19.2 Å². The minimum atomic E-state index is -0.428. The van der Waals surface area contributed by atoms with E-state index in [1.165, 1.54) is 0 Å². The van der Waals surface area contributed by atoms with Crippen LogP contribution in [0.1, 0.15) is 21.9 Å². The molecule has 4 rings (SSSR count). The zero-order valence-corrected chi connectivity index (χ0v) is 20.4. The average molecular weight is 551 g/mol. The summed E-state index contributed by atoms with van der Waals surface area (Å²) in [6, 6.07) is 15.9. The van der Waals surface area contributed by atoms with Crippen LogP contribution in [0.5, 0.6) is 11.5 Å². The molecule has 10 heteroatoms. The van der Waals surface area contributed by atoms with Crippen molar-refractivity contribution in [1.29, 1.82) is 0 Å². The normalized spacial score (nSPS) is 10.8. The van der Waals surface area contributed by atoms with Crippen molar-refractivity contribution in [2.24, 2.45) is 0 Å². The largest absolute Gasteiger partial charge is 0.497 e. The van der Waals surface area contributed by atoms with Crippen LogP contribution in [0.4, 0.5) is 5.82 Å². The Kier molecular flexibility index (Phi) is 7.27. The van der Waals surface area contributed by atoms with E-state index in [1.54, 1.807) is 48.3 Å². The summed E-state index contributed by atoms with van der Waals surface area (Å²) in [7, 11) is 1.59. The first kappa shape index (κ1) is 23.2. The number of aromatic nitrogens is 2. The van der Waals surface area contributed by atoms with Crippen LogP contribution in [0.3, 0.4) is 0 Å². The summed E-state index contributed by atoms with van der Waals surface area (Å²) in [4.78, 5) is 12.6. The smallest absolute Gasteiger partial charge is 0.292 e. The van der Waals surface area contributed by atoms with Gasteiger partial charge >= 0.3 is 0 Å². The summed E-state index contributed by atoms with van der Waals surface area (Å²) in [5.41, 5.74) is 0.920. The lowest BCUT2D eigenvalue weighted by Crippen LogP contribution is -2.12. The molecule has 0 aliphatic carbocycles. The predicted octanol–water partition coefficient (Wildman–Crippen LogP) is 6.43. The first-order chi connectivity index (χ1) is 15.9. The van der Waals surface area contributed by atoms with Crippen molar-refractivity contribution in [2.45, 2.75) is 13.2 Å². The number of hydrogen-bond donors (Lipinski definition) is 1. The molecule has 0 unspecified atom stereocenters. The second-order valence-corrected chi connectivity index (χ2v) is 8.63. The van der Waals surface area contributed by atoms with Gasteiger partial charge in [-0.15, -0.1) is 0 Å². The van der Waals surface area contributed by atoms with E-state index in [0.29, 0.717) is 44.1 Å². The van der Waals surface area contributed by atoms with E-state index in [9.17, 15) is 4.79 Å². The molecule has 170 valence electrons. The molecule has 0 aliphatic rings. The zero-order valence-electron chi connectivity index (χ0n) is 17.3. The molecule has 0 aliphatic heterocycles. The molecule has 0 fully saturated rings. The number of halogens is 3. The minimum absolute atomic E-state index is 0.144. The molecule has 2 aromatic heterocycles. The standard InChI is InChI=1S/C23H18BrCl2N3O4/c1-31-15-3-2-4-16(10-15)32-13-17-6-8-21(33-17)23(30)27-22-18(24)12-29(28-22)11-14-5-7-19(25)20(26)9-14/h2-10,12H,11,13H2,1H3,(H,27,28,30). The van der Waals surface area contributed by atoms with Crippen LogP contribution in [-0.2, 0) is 13.2 Å². The second kappa shape index (κ2) is 10.3. The SMILES string of the molecule is COc1cccc(OCc2ccc(C(=O)Nc3nn(Cc4ccc(Cl)c(Cl)c4)cc3Br)o2)c1. The molecular formula is C23H18BrCl2N3O4. The fraction of sp³-hybridized carbons (Fsp3) is 0.130. The number of rotatable bonds is 8. The monoisotopic (exact) mass is 549 g/mol. The lowest BCUT2D eigenvalue weighted by molar-refractivity contribution is 0.0992. The van der Waals surface area contributed by atoms with Gasteiger partial charge in [-0.05, 0) is 57.9 Å². The van der Waals surface area contributed by atoms with E-state index in [-0.39, 0.29) is 12.4 Å². The number of furan rings is 1. The Bertz CT molecular complexity index is 1290. The molecule has 1 N–H and O–H groups in total. The van der Waals surface area contributed by atoms with Crippen molar-refractivity contribution in [1.82, 2.24) is 9.78 Å². The summed E-state index contributed by atoms with van der Waals surface area (Å²) in [5, 5.41) is 8.10. The van der Waals surface area contributed by atoms with E-state index in [2.05, 4.69) is 26.3 Å². The van der Waals surface area contributed by atoms with Crippen LogP contribution < -0.4 is 14.8 Å². The highest BCUT2D eigenvalue weighted by atomic mass is 79.9. The molecule has 0 bridgehead atoms. The predicted molar refractivity (Wildman–Crippen MR) is 129 cm³/mol. The average Bonchev–Trinajstić information content (AvgIpc) is 3.41. The number of amides is 1. The van der Waals surface area contributed by atoms with Crippen LogP contribution in [0.15, 0.2) is 69.7 Å². The first-order valence-corrected chi connectivity index (χ1v) is 11.3. The summed E-state index contributed by atoms with van der Waals surface area (Å²) < 4.78 is 18.8. The third kappa shape index (κ3) is 5.90. The van der Waals surface area contributed by atoms with Gasteiger partial charge in [0.15, 0.2) is 11.6 Å². The van der Waals surface area contributed by atoms with E-state index in [0.717, 1.165) is 5.56 Å². The van der Waals surface area contributed by atoms with Crippen LogP contribution in [0.2, 0.25) is 10.0 Å². The van der Waals surface area contributed by atoms with Gasteiger partial charge in [0.2, 0.25) is 0 Å². The van der Waals surface area contributed by atoms with Crippen LogP contribution in [-0.4, -0.2) is 22.8 Å². The number of benzene rings is 2. The maximum atomic E-state index is 12.6. The summed E-state index contributed by atoms with van der Waals surface area (Å²) >= 11 is 15.5. The summed E-state index contributed by atoms with van der Waals surface area (Å²) in [6.07, 6.45) is 1.76. The number of carbonyl (C=O) groups is 1. The molecule has 4 aromatic rings. The number of anilines is 1. The Morgan fingerprint density at radius 2 is 1.94 bits per heavy atom. The molecule has 1 amide bonds. The number of hydrogen-bond acceptors (Lipinski definition) is 5. The molecule has 33 heavy (non-hydrogen) atoms. The van der Waals surface area contributed by atoms with Crippen molar-refractivity contribution in [3.05, 3.63) is 92.4 Å². The molecule has 0 atom stereocenters. The molecule has 2 aromatic carbocycles. The van der Waals surface area contributed by atoms with Crippen molar-refractivity contribution in [3.8, 4) is 11.5 Å². The maximum Gasteiger partial charge on any atom is 0.292 e. The fourth-order valence-corrected chi connectivity index (χ4v) is 3.72. The lowest BCUT2D eigenvalue weighted by atomic mass is 10.2. The Morgan fingerprint density at radius 3 is 2.73 bits per heavy atom. The quantitative estimate of drug-likeness (QED) is 0.273. The molecular weight excluding hydrogens is 533 g/mol.